The molecule has 0 fully saturated rings. The molecule has 0 spiro atoms. The third-order valence-electron chi connectivity index (χ3n) is 2.07. The Kier molecular flexibility index (Phi) is 4.37. The highest BCUT2D eigenvalue weighted by Crippen LogP contribution is 2.31. The lowest BCUT2D eigenvalue weighted by atomic mass is 10.7. The first-order valence-electron chi connectivity index (χ1n) is 4.62. The third kappa shape index (κ3) is 3.32. The fraction of sp³-hybridized carbons (Fsp3) is 0.429. The number of rotatable bonds is 2. The van der Waals surface area contributed by atoms with Crippen LogP contribution in [0.5, 0.6) is 0 Å². The van der Waals surface area contributed by atoms with Gasteiger partial charge in [0.05, 0.1) is 0 Å². The number of oxazole rings is 1. The van der Waals surface area contributed by atoms with Gasteiger partial charge in [0.2, 0.25) is 20.2 Å². The molecule has 0 saturated carbocycles. The molecule has 1 aromatic heterocycles. The van der Waals surface area contributed by atoms with Gasteiger partial charge in [-0.05, 0) is 0 Å². The topological polar surface area (TPSA) is 88.5 Å². The second kappa shape index (κ2) is 5.17. The maximum absolute atomic E-state index is 12.4. The van der Waals surface area contributed by atoms with Gasteiger partial charge in [-0.15, -0.1) is 0 Å². The van der Waals surface area contributed by atoms with E-state index < -0.39 is 41.4 Å². The molecule has 1 atom stereocenters. The summed E-state index contributed by atoms with van der Waals surface area (Å²) in [6.07, 6.45) is 2.15. The normalized spacial score (nSPS) is 16.5. The van der Waals surface area contributed by atoms with Crippen LogP contribution >= 0.6 is 0 Å². The predicted octanol–water partition coefficient (Wildman–Crippen LogP) is 0.909. The molecule has 14 heteroatoms. The van der Waals surface area contributed by atoms with Crippen LogP contribution in [0.3, 0.4) is 0 Å². The zero-order valence-corrected chi connectivity index (χ0v) is 11.2. The summed E-state index contributed by atoms with van der Waals surface area (Å²) >= 11 is 0. The fourth-order valence-corrected chi connectivity index (χ4v) is 4.00. The van der Waals surface area contributed by atoms with Crippen LogP contribution in [-0.2, 0) is 26.2 Å². The van der Waals surface area contributed by atoms with Gasteiger partial charge in [-0.25, -0.2) is 12.6 Å². The van der Waals surface area contributed by atoms with E-state index in [0.717, 1.165) is 12.5 Å². The van der Waals surface area contributed by atoms with Gasteiger partial charge in [0.25, 0.3) is 9.84 Å². The maximum atomic E-state index is 12.4. The van der Waals surface area contributed by atoms with Gasteiger partial charge in [0.1, 0.15) is 0 Å². The lowest BCUT2D eigenvalue weighted by Gasteiger charge is -2.14. The molecule has 0 aromatic carbocycles. The Morgan fingerprint density at radius 1 is 1.10 bits per heavy atom. The molecule has 1 heterocycles. The van der Waals surface area contributed by atoms with Gasteiger partial charge in [0, 0.05) is 0 Å². The Morgan fingerprint density at radius 3 is 1.95 bits per heavy atom. The van der Waals surface area contributed by atoms with Crippen molar-refractivity contribution >= 4 is 23.8 Å². The Hall–Kier alpha value is -1.28. The van der Waals surface area contributed by atoms with Crippen LogP contribution in [0.4, 0.5) is 26.3 Å². The average Bonchev–Trinajstić information content (AvgIpc) is 2.74. The molecule has 0 aliphatic rings. The van der Waals surface area contributed by atoms with E-state index >= 15 is 0 Å². The SMILES string of the molecule is O=S(=O)(C(C[n+]1ccoc1)=S(=O)(O)C(F)(F)F)C(F)(F)F. The number of hydrogen-bond acceptors (Lipinski definition) is 4. The molecule has 1 N–H and O–H groups in total. The summed E-state index contributed by atoms with van der Waals surface area (Å²) in [6.45, 7) is -1.65. The Balaban J connectivity index is 3.70. The van der Waals surface area contributed by atoms with Crippen LogP contribution in [0.15, 0.2) is 23.3 Å². The summed E-state index contributed by atoms with van der Waals surface area (Å²) in [5.41, 5.74) is -12.3. The Bertz CT molecular complexity index is 723. The zero-order chi connectivity index (χ0) is 16.7. The molecule has 1 unspecified atom stereocenters. The van der Waals surface area contributed by atoms with Crippen molar-refractivity contribution in [3.05, 3.63) is 18.9 Å². The molecule has 0 radical (unpaired) electrons. The lowest BCUT2D eigenvalue weighted by Crippen LogP contribution is -2.47. The standard InChI is InChI=1S/C7H5F6NO5S2/c8-6(9,10)20(15,16)5(3-14-1-2-19-4-14)21(17,18)7(11,12)13/h1-2,4H,3H2/p+1. The van der Waals surface area contributed by atoms with Crippen LogP contribution in [0.25, 0.3) is 0 Å². The molecular weight excluding hydrogens is 356 g/mol. The summed E-state index contributed by atoms with van der Waals surface area (Å²) in [5, 5.41) is 0. The fourth-order valence-electron chi connectivity index (χ4n) is 1.08. The van der Waals surface area contributed by atoms with Gasteiger partial charge < -0.3 is 8.97 Å². The number of sulfone groups is 1. The zero-order valence-electron chi connectivity index (χ0n) is 9.55. The van der Waals surface area contributed by atoms with Crippen molar-refractivity contribution in [1.29, 1.82) is 0 Å². The Morgan fingerprint density at radius 2 is 1.62 bits per heavy atom. The minimum Gasteiger partial charge on any atom is -0.412 e. The van der Waals surface area contributed by atoms with E-state index in [4.69, 9.17) is 4.55 Å². The number of hydrogen-bond donors (Lipinski definition) is 1. The van der Waals surface area contributed by atoms with Crippen molar-refractivity contribution in [2.45, 2.75) is 17.6 Å². The lowest BCUT2D eigenvalue weighted by molar-refractivity contribution is -0.684. The van der Waals surface area contributed by atoms with Gasteiger partial charge in [-0.1, -0.05) is 0 Å². The molecular formula is C7H6F6NO5S2+. The number of aromatic nitrogens is 1. The number of alkyl halides is 6. The molecule has 1 aromatic rings. The largest absolute Gasteiger partial charge is 0.502 e. The highest BCUT2D eigenvalue weighted by molar-refractivity contribution is 8.22. The molecule has 0 bridgehead atoms. The van der Waals surface area contributed by atoms with E-state index in [2.05, 4.69) is 4.42 Å². The first-order chi connectivity index (χ1) is 9.21. The van der Waals surface area contributed by atoms with Crippen molar-refractivity contribution in [1.82, 2.24) is 0 Å². The van der Waals surface area contributed by atoms with E-state index in [1.165, 1.54) is 0 Å². The van der Waals surface area contributed by atoms with E-state index in [1.807, 2.05) is 0 Å². The summed E-state index contributed by atoms with van der Waals surface area (Å²) in [6, 6.07) is 0. The molecule has 0 aliphatic heterocycles. The minimum atomic E-state index is -6.65. The quantitative estimate of drug-likeness (QED) is 0.480. The molecule has 0 amide bonds. The summed E-state index contributed by atoms with van der Waals surface area (Å²) < 4.78 is 119. The van der Waals surface area contributed by atoms with Crippen LogP contribution in [0.1, 0.15) is 0 Å². The second-order valence-electron chi connectivity index (χ2n) is 3.49. The predicted molar refractivity (Wildman–Crippen MR) is 55.7 cm³/mol. The first kappa shape index (κ1) is 17.8. The van der Waals surface area contributed by atoms with Gasteiger partial charge in [0.15, 0.2) is 12.8 Å². The van der Waals surface area contributed by atoms with Gasteiger partial charge in [-0.2, -0.15) is 30.9 Å². The van der Waals surface area contributed by atoms with Crippen molar-refractivity contribution in [2.24, 2.45) is 0 Å². The molecule has 0 saturated heterocycles. The highest BCUT2D eigenvalue weighted by Gasteiger charge is 2.57. The maximum Gasteiger partial charge on any atom is 0.502 e. The molecule has 122 valence electrons. The van der Waals surface area contributed by atoms with E-state index in [-0.39, 0.29) is 0 Å². The average molecular weight is 362 g/mol. The van der Waals surface area contributed by atoms with E-state index in [9.17, 15) is 39.0 Å². The third-order valence-corrected chi connectivity index (χ3v) is 6.11. The van der Waals surface area contributed by atoms with Crippen LogP contribution < -0.4 is 4.57 Å². The number of halogens is 6. The minimum absolute atomic E-state index is 0.431. The summed E-state index contributed by atoms with van der Waals surface area (Å²) in [5.74, 6) is 0. The molecule has 0 aliphatic carbocycles. The van der Waals surface area contributed by atoms with Crippen molar-refractivity contribution in [2.75, 3.05) is 0 Å². The summed E-state index contributed by atoms with van der Waals surface area (Å²) in [7, 11) is -13.1. The summed E-state index contributed by atoms with van der Waals surface area (Å²) in [4.78, 5) is 0. The van der Waals surface area contributed by atoms with Crippen molar-refractivity contribution < 1.29 is 52.5 Å². The molecule has 6 nitrogen and oxygen atoms in total. The van der Waals surface area contributed by atoms with Crippen LogP contribution in [0.2, 0.25) is 0 Å². The van der Waals surface area contributed by atoms with Crippen LogP contribution in [-0.4, -0.2) is 32.4 Å². The van der Waals surface area contributed by atoms with Gasteiger partial charge in [-0.3, -0.25) is 0 Å². The van der Waals surface area contributed by atoms with E-state index in [1.54, 1.807) is 0 Å². The van der Waals surface area contributed by atoms with Crippen molar-refractivity contribution in [3.63, 3.8) is 0 Å². The van der Waals surface area contributed by atoms with E-state index in [0.29, 0.717) is 11.0 Å². The van der Waals surface area contributed by atoms with Crippen molar-refractivity contribution in [3.8, 4) is 0 Å². The second-order valence-corrected chi connectivity index (χ2v) is 7.72. The molecule has 1 rings (SSSR count). The number of nitrogens with zero attached hydrogens (tertiary/aromatic N) is 1. The smallest absolute Gasteiger partial charge is 0.412 e. The molecule has 21 heavy (non-hydrogen) atoms. The van der Waals surface area contributed by atoms with Gasteiger partial charge >= 0.3 is 17.4 Å². The Labute approximate surface area is 113 Å². The monoisotopic (exact) mass is 362 g/mol. The highest BCUT2D eigenvalue weighted by atomic mass is 32.3. The van der Waals surface area contributed by atoms with Crippen LogP contribution in [0, 0.1) is 0 Å². The first-order valence-corrected chi connectivity index (χ1v) is 7.62.